The van der Waals surface area contributed by atoms with Crippen molar-refractivity contribution < 1.29 is 14.6 Å². The molecule has 11 heavy (non-hydrogen) atoms. The SMILES string of the molecule is CO[C@H]1C[C@H](Cl)[C@@H](O)[C@H](C)O1. The first-order valence-corrected chi connectivity index (χ1v) is 4.09. The van der Waals surface area contributed by atoms with Crippen molar-refractivity contribution in [3.05, 3.63) is 0 Å². The Morgan fingerprint density at radius 2 is 2.27 bits per heavy atom. The van der Waals surface area contributed by atoms with Gasteiger partial charge in [-0.3, -0.25) is 0 Å². The van der Waals surface area contributed by atoms with Crippen molar-refractivity contribution in [1.82, 2.24) is 0 Å². The average Bonchev–Trinajstić information content (AvgIpc) is 1.99. The number of halogens is 1. The van der Waals surface area contributed by atoms with Gasteiger partial charge < -0.3 is 14.6 Å². The molecule has 66 valence electrons. The van der Waals surface area contributed by atoms with Crippen LogP contribution in [0.1, 0.15) is 13.3 Å². The Bertz CT molecular complexity index is 119. The third-order valence-corrected chi connectivity index (χ3v) is 2.33. The Hall–Kier alpha value is 0.170. The van der Waals surface area contributed by atoms with Gasteiger partial charge in [-0.05, 0) is 6.92 Å². The zero-order valence-electron chi connectivity index (χ0n) is 6.66. The van der Waals surface area contributed by atoms with Crippen molar-refractivity contribution in [2.45, 2.75) is 37.2 Å². The Morgan fingerprint density at radius 3 is 2.73 bits per heavy atom. The van der Waals surface area contributed by atoms with Crippen LogP contribution in [-0.4, -0.2) is 36.1 Å². The quantitative estimate of drug-likeness (QED) is 0.605. The topological polar surface area (TPSA) is 38.7 Å². The minimum Gasteiger partial charge on any atom is -0.389 e. The predicted octanol–water partition coefficient (Wildman–Crippen LogP) is 0.736. The van der Waals surface area contributed by atoms with Gasteiger partial charge in [-0.15, -0.1) is 11.6 Å². The number of aliphatic hydroxyl groups excluding tert-OH is 1. The molecule has 1 aliphatic heterocycles. The van der Waals surface area contributed by atoms with Crippen LogP contribution in [0.3, 0.4) is 0 Å². The molecule has 0 aromatic rings. The van der Waals surface area contributed by atoms with Crippen LogP contribution < -0.4 is 0 Å². The summed E-state index contributed by atoms with van der Waals surface area (Å²) in [4.78, 5) is 0. The summed E-state index contributed by atoms with van der Waals surface area (Å²) in [5, 5.41) is 9.09. The van der Waals surface area contributed by atoms with E-state index >= 15 is 0 Å². The number of rotatable bonds is 1. The van der Waals surface area contributed by atoms with Crippen molar-refractivity contribution in [2.24, 2.45) is 0 Å². The Balaban J connectivity index is 2.47. The first-order valence-electron chi connectivity index (χ1n) is 3.65. The standard InChI is InChI=1S/C7H13ClO3/c1-4-7(9)5(8)3-6(10-2)11-4/h4-7,9H,3H2,1-2H3/t4-,5-,6+,7-/m0/s1. The van der Waals surface area contributed by atoms with Gasteiger partial charge in [-0.1, -0.05) is 0 Å². The van der Waals surface area contributed by atoms with E-state index < -0.39 is 6.10 Å². The van der Waals surface area contributed by atoms with Crippen LogP contribution in [0.15, 0.2) is 0 Å². The third kappa shape index (κ3) is 2.06. The second-order valence-electron chi connectivity index (χ2n) is 2.75. The first-order chi connectivity index (χ1) is 5.15. The molecule has 0 radical (unpaired) electrons. The summed E-state index contributed by atoms with van der Waals surface area (Å²) >= 11 is 5.83. The molecule has 1 rings (SSSR count). The van der Waals surface area contributed by atoms with Crippen molar-refractivity contribution in [1.29, 1.82) is 0 Å². The molecule has 1 aliphatic rings. The molecule has 1 saturated heterocycles. The molecule has 0 amide bonds. The molecule has 0 aromatic carbocycles. The lowest BCUT2D eigenvalue weighted by Gasteiger charge is -2.34. The molecule has 4 heteroatoms. The molecular weight excluding hydrogens is 168 g/mol. The molecule has 1 N–H and O–H groups in total. The van der Waals surface area contributed by atoms with E-state index in [1.54, 1.807) is 14.0 Å². The molecule has 0 saturated carbocycles. The van der Waals surface area contributed by atoms with Gasteiger partial charge in [0.2, 0.25) is 0 Å². The summed E-state index contributed by atoms with van der Waals surface area (Å²) in [7, 11) is 1.57. The maximum atomic E-state index is 9.35. The van der Waals surface area contributed by atoms with E-state index in [0.717, 1.165) is 0 Å². The fraction of sp³-hybridized carbons (Fsp3) is 1.00. The second kappa shape index (κ2) is 3.72. The minimum absolute atomic E-state index is 0.240. The van der Waals surface area contributed by atoms with Gasteiger partial charge in [0, 0.05) is 13.5 Å². The van der Waals surface area contributed by atoms with Crippen LogP contribution in [0.2, 0.25) is 0 Å². The fourth-order valence-electron chi connectivity index (χ4n) is 1.14. The van der Waals surface area contributed by atoms with E-state index in [0.29, 0.717) is 6.42 Å². The highest BCUT2D eigenvalue weighted by Crippen LogP contribution is 2.24. The molecule has 0 unspecified atom stereocenters. The number of hydrogen-bond acceptors (Lipinski definition) is 3. The van der Waals surface area contributed by atoms with Gasteiger partial charge in [-0.25, -0.2) is 0 Å². The van der Waals surface area contributed by atoms with E-state index in [1.807, 2.05) is 0 Å². The molecule has 0 bridgehead atoms. The Labute approximate surface area is 71.2 Å². The molecule has 1 fully saturated rings. The van der Waals surface area contributed by atoms with Gasteiger partial charge in [0.1, 0.15) is 0 Å². The lowest BCUT2D eigenvalue weighted by molar-refractivity contribution is -0.204. The maximum Gasteiger partial charge on any atom is 0.159 e. The smallest absolute Gasteiger partial charge is 0.159 e. The molecule has 0 aliphatic carbocycles. The molecule has 4 atom stereocenters. The zero-order chi connectivity index (χ0) is 8.43. The highest BCUT2D eigenvalue weighted by molar-refractivity contribution is 6.21. The summed E-state index contributed by atoms with van der Waals surface area (Å²) in [6, 6.07) is 0. The largest absolute Gasteiger partial charge is 0.389 e. The van der Waals surface area contributed by atoms with Crippen LogP contribution in [-0.2, 0) is 9.47 Å². The van der Waals surface area contributed by atoms with E-state index in [4.69, 9.17) is 21.1 Å². The average molecular weight is 181 g/mol. The lowest BCUT2D eigenvalue weighted by atomic mass is 10.1. The molecular formula is C7H13ClO3. The third-order valence-electron chi connectivity index (χ3n) is 1.90. The summed E-state index contributed by atoms with van der Waals surface area (Å²) in [5.74, 6) is 0. The minimum atomic E-state index is -0.580. The number of aliphatic hydroxyl groups is 1. The Kier molecular flexibility index (Phi) is 3.13. The van der Waals surface area contributed by atoms with E-state index in [-0.39, 0.29) is 17.8 Å². The van der Waals surface area contributed by atoms with E-state index in [1.165, 1.54) is 0 Å². The van der Waals surface area contributed by atoms with Crippen LogP contribution in [0, 0.1) is 0 Å². The van der Waals surface area contributed by atoms with Crippen molar-refractivity contribution in [3.63, 3.8) is 0 Å². The number of hydrogen-bond donors (Lipinski definition) is 1. The molecule has 0 spiro atoms. The zero-order valence-corrected chi connectivity index (χ0v) is 7.41. The summed E-state index contributed by atoms with van der Waals surface area (Å²) in [5.41, 5.74) is 0. The summed E-state index contributed by atoms with van der Waals surface area (Å²) < 4.78 is 10.2. The normalized spacial score (nSPS) is 45.8. The Morgan fingerprint density at radius 1 is 1.64 bits per heavy atom. The number of methoxy groups -OCH3 is 1. The van der Waals surface area contributed by atoms with Crippen molar-refractivity contribution in [3.8, 4) is 0 Å². The highest BCUT2D eigenvalue weighted by atomic mass is 35.5. The lowest BCUT2D eigenvalue weighted by Crippen LogP contribution is -2.44. The fourth-order valence-corrected chi connectivity index (χ4v) is 1.49. The summed E-state index contributed by atoms with van der Waals surface area (Å²) in [6.07, 6.45) is -0.543. The number of alkyl halides is 1. The monoisotopic (exact) mass is 180 g/mol. The molecule has 0 aromatic heterocycles. The van der Waals surface area contributed by atoms with Gasteiger partial charge in [-0.2, -0.15) is 0 Å². The van der Waals surface area contributed by atoms with E-state index in [2.05, 4.69) is 0 Å². The van der Waals surface area contributed by atoms with Gasteiger partial charge in [0.15, 0.2) is 6.29 Å². The van der Waals surface area contributed by atoms with Gasteiger partial charge in [0.05, 0.1) is 17.6 Å². The second-order valence-corrected chi connectivity index (χ2v) is 3.31. The van der Waals surface area contributed by atoms with Gasteiger partial charge >= 0.3 is 0 Å². The van der Waals surface area contributed by atoms with Crippen LogP contribution in [0.25, 0.3) is 0 Å². The van der Waals surface area contributed by atoms with Crippen LogP contribution in [0.5, 0.6) is 0 Å². The van der Waals surface area contributed by atoms with Gasteiger partial charge in [0.25, 0.3) is 0 Å². The highest BCUT2D eigenvalue weighted by Gasteiger charge is 2.33. The van der Waals surface area contributed by atoms with Crippen LogP contribution >= 0.6 is 11.6 Å². The van der Waals surface area contributed by atoms with Crippen molar-refractivity contribution in [2.75, 3.05) is 7.11 Å². The number of ether oxygens (including phenoxy) is 2. The molecule has 1 heterocycles. The van der Waals surface area contributed by atoms with Crippen molar-refractivity contribution >= 4 is 11.6 Å². The predicted molar refractivity (Wildman–Crippen MR) is 41.6 cm³/mol. The first kappa shape index (κ1) is 9.26. The maximum absolute atomic E-state index is 9.35. The summed E-state index contributed by atoms with van der Waals surface area (Å²) in [6.45, 7) is 1.78. The molecule has 3 nitrogen and oxygen atoms in total. The van der Waals surface area contributed by atoms with Crippen LogP contribution in [0.4, 0.5) is 0 Å². The van der Waals surface area contributed by atoms with E-state index in [9.17, 15) is 5.11 Å².